The van der Waals surface area contributed by atoms with E-state index in [4.69, 9.17) is 0 Å². The maximum Gasteiger partial charge on any atom is 0.121 e. The summed E-state index contributed by atoms with van der Waals surface area (Å²) in [5, 5.41) is 10.3. The summed E-state index contributed by atoms with van der Waals surface area (Å²) in [5.41, 5.74) is 3.09. The van der Waals surface area contributed by atoms with Crippen LogP contribution in [0.15, 0.2) is 12.1 Å². The third-order valence-corrected chi connectivity index (χ3v) is 2.35. The first-order valence-electron chi connectivity index (χ1n) is 3.50. The Hall–Kier alpha value is -0.500. The van der Waals surface area contributed by atoms with Crippen molar-refractivity contribution in [1.82, 2.24) is 0 Å². The van der Waals surface area contributed by atoms with Gasteiger partial charge in [-0.3, -0.25) is 0 Å². The van der Waals surface area contributed by atoms with Crippen LogP contribution < -0.4 is 0 Å². The summed E-state index contributed by atoms with van der Waals surface area (Å²) >= 11 is 3.37. The second-order valence-corrected chi connectivity index (χ2v) is 3.27. The van der Waals surface area contributed by atoms with Gasteiger partial charge in [-0.25, -0.2) is 0 Å². The molecule has 1 aromatic rings. The van der Waals surface area contributed by atoms with E-state index in [1.807, 2.05) is 26.0 Å². The van der Waals surface area contributed by atoms with Gasteiger partial charge >= 0.3 is 0 Å². The monoisotopic (exact) mass is 214 g/mol. The minimum absolute atomic E-state index is 0.412. The average Bonchev–Trinajstić information content (AvgIpc) is 1.99. The Morgan fingerprint density at radius 3 is 2.09 bits per heavy atom. The van der Waals surface area contributed by atoms with E-state index in [1.165, 1.54) is 5.56 Å². The molecule has 1 aromatic carbocycles. The number of hydrogen-bond donors (Lipinski definition) is 1. The number of aryl methyl sites for hydroxylation is 2. The van der Waals surface area contributed by atoms with E-state index in [9.17, 15) is 5.11 Å². The molecule has 0 unspecified atom stereocenters. The van der Waals surface area contributed by atoms with Crippen LogP contribution in [0.2, 0.25) is 0 Å². The predicted octanol–water partition coefficient (Wildman–Crippen LogP) is 2.90. The molecule has 0 atom stereocenters. The molecule has 0 heterocycles. The van der Waals surface area contributed by atoms with Crippen molar-refractivity contribution in [1.29, 1.82) is 0 Å². The Balaban J connectivity index is 3.21. The smallest absolute Gasteiger partial charge is 0.121 e. The molecule has 0 aromatic heterocycles. The maximum absolute atomic E-state index is 9.41. The normalized spacial score (nSPS) is 10.1. The van der Waals surface area contributed by atoms with Gasteiger partial charge in [-0.15, -0.1) is 0 Å². The molecule has 1 N–H and O–H groups in total. The molecule has 0 spiro atoms. The maximum atomic E-state index is 9.41. The van der Waals surface area contributed by atoms with Gasteiger partial charge in [0, 0.05) is 5.33 Å². The molecule has 0 fully saturated rings. The summed E-state index contributed by atoms with van der Waals surface area (Å²) in [6.45, 7) is 3.82. The van der Waals surface area contributed by atoms with E-state index < -0.39 is 0 Å². The quantitative estimate of drug-likeness (QED) is 0.714. The van der Waals surface area contributed by atoms with E-state index in [1.54, 1.807) is 0 Å². The number of phenolic OH excluding ortho intramolecular Hbond substituents is 1. The molecular weight excluding hydrogens is 204 g/mol. The van der Waals surface area contributed by atoms with Crippen LogP contribution in [0.4, 0.5) is 0 Å². The summed E-state index contributed by atoms with van der Waals surface area (Å²) in [7, 11) is 0. The number of benzene rings is 1. The molecule has 0 radical (unpaired) electrons. The first kappa shape index (κ1) is 8.60. The lowest BCUT2D eigenvalue weighted by Crippen LogP contribution is -1.84. The van der Waals surface area contributed by atoms with Gasteiger partial charge in [0.2, 0.25) is 0 Å². The average molecular weight is 215 g/mol. The fourth-order valence-electron chi connectivity index (χ4n) is 1.12. The van der Waals surface area contributed by atoms with Crippen molar-refractivity contribution in [3.8, 4) is 5.75 Å². The summed E-state index contributed by atoms with van der Waals surface area (Å²) in [6.07, 6.45) is 0. The van der Waals surface area contributed by atoms with Crippen LogP contribution >= 0.6 is 15.9 Å². The molecule has 0 saturated heterocycles. The van der Waals surface area contributed by atoms with Crippen LogP contribution in [-0.4, -0.2) is 5.11 Å². The van der Waals surface area contributed by atoms with Crippen LogP contribution in [0, 0.1) is 13.8 Å². The van der Waals surface area contributed by atoms with Crippen LogP contribution in [0.1, 0.15) is 16.7 Å². The highest BCUT2D eigenvalue weighted by molar-refractivity contribution is 9.08. The number of hydrogen-bond acceptors (Lipinski definition) is 1. The summed E-state index contributed by atoms with van der Waals surface area (Å²) in [5.74, 6) is 0.412. The summed E-state index contributed by atoms with van der Waals surface area (Å²) in [4.78, 5) is 0. The zero-order valence-electron chi connectivity index (χ0n) is 6.69. The van der Waals surface area contributed by atoms with E-state index >= 15 is 0 Å². The highest BCUT2D eigenvalue weighted by Crippen LogP contribution is 2.23. The first-order chi connectivity index (χ1) is 5.15. The molecule has 0 aliphatic rings. The number of halogens is 1. The van der Waals surface area contributed by atoms with Crippen molar-refractivity contribution < 1.29 is 5.11 Å². The zero-order chi connectivity index (χ0) is 8.43. The van der Waals surface area contributed by atoms with Gasteiger partial charge in [0.1, 0.15) is 5.75 Å². The van der Waals surface area contributed by atoms with E-state index in [2.05, 4.69) is 15.9 Å². The Labute approximate surface area is 75.2 Å². The molecular formula is C9H11BrO. The summed E-state index contributed by atoms with van der Waals surface area (Å²) < 4.78 is 0. The molecule has 11 heavy (non-hydrogen) atoms. The van der Waals surface area contributed by atoms with Crippen LogP contribution in [0.25, 0.3) is 0 Å². The molecule has 0 aliphatic heterocycles. The van der Waals surface area contributed by atoms with E-state index in [0.717, 1.165) is 16.5 Å². The van der Waals surface area contributed by atoms with Gasteiger partial charge in [0.05, 0.1) is 0 Å². The Bertz CT molecular complexity index is 245. The van der Waals surface area contributed by atoms with Crippen LogP contribution in [-0.2, 0) is 5.33 Å². The second kappa shape index (κ2) is 3.26. The Kier molecular flexibility index (Phi) is 2.55. The number of aromatic hydroxyl groups is 1. The Morgan fingerprint density at radius 1 is 1.27 bits per heavy atom. The fraction of sp³-hybridized carbons (Fsp3) is 0.333. The molecule has 1 rings (SSSR count). The first-order valence-corrected chi connectivity index (χ1v) is 4.62. The predicted molar refractivity (Wildman–Crippen MR) is 50.2 cm³/mol. The van der Waals surface area contributed by atoms with E-state index in [0.29, 0.717) is 5.75 Å². The van der Waals surface area contributed by atoms with Crippen molar-refractivity contribution in [2.24, 2.45) is 0 Å². The van der Waals surface area contributed by atoms with Crippen molar-refractivity contribution in [3.05, 3.63) is 28.8 Å². The minimum Gasteiger partial charge on any atom is -0.507 e. The van der Waals surface area contributed by atoms with E-state index in [-0.39, 0.29) is 0 Å². The number of phenols is 1. The standard InChI is InChI=1S/C9H11BrO/c1-6-3-8(5-10)4-7(2)9(6)11/h3-4,11H,5H2,1-2H3. The van der Waals surface area contributed by atoms with Crippen molar-refractivity contribution in [2.75, 3.05) is 0 Å². The third kappa shape index (κ3) is 1.74. The van der Waals surface area contributed by atoms with Gasteiger partial charge in [-0.05, 0) is 30.5 Å². The molecule has 0 amide bonds. The number of rotatable bonds is 1. The number of alkyl halides is 1. The van der Waals surface area contributed by atoms with Gasteiger partial charge in [-0.1, -0.05) is 28.1 Å². The minimum atomic E-state index is 0.412. The zero-order valence-corrected chi connectivity index (χ0v) is 8.27. The SMILES string of the molecule is Cc1cc(CBr)cc(C)c1O. The van der Waals surface area contributed by atoms with Gasteiger partial charge in [-0.2, -0.15) is 0 Å². The molecule has 60 valence electrons. The third-order valence-electron chi connectivity index (χ3n) is 1.71. The highest BCUT2D eigenvalue weighted by Gasteiger charge is 2.01. The second-order valence-electron chi connectivity index (χ2n) is 2.71. The highest BCUT2D eigenvalue weighted by atomic mass is 79.9. The molecule has 0 saturated carbocycles. The lowest BCUT2D eigenvalue weighted by atomic mass is 10.1. The summed E-state index contributed by atoms with van der Waals surface area (Å²) in [6, 6.07) is 3.97. The van der Waals surface area contributed by atoms with Crippen LogP contribution in [0.3, 0.4) is 0 Å². The largest absolute Gasteiger partial charge is 0.507 e. The molecule has 0 bridgehead atoms. The van der Waals surface area contributed by atoms with Crippen molar-refractivity contribution in [3.63, 3.8) is 0 Å². The molecule has 1 nitrogen and oxygen atoms in total. The van der Waals surface area contributed by atoms with Gasteiger partial charge in [0.25, 0.3) is 0 Å². The topological polar surface area (TPSA) is 20.2 Å². The van der Waals surface area contributed by atoms with Gasteiger partial charge in [0.15, 0.2) is 0 Å². The fourth-order valence-corrected chi connectivity index (χ4v) is 1.45. The Morgan fingerprint density at radius 2 is 1.73 bits per heavy atom. The lowest BCUT2D eigenvalue weighted by molar-refractivity contribution is 0.466. The lowest BCUT2D eigenvalue weighted by Gasteiger charge is -2.04. The van der Waals surface area contributed by atoms with Crippen molar-refractivity contribution in [2.45, 2.75) is 19.2 Å². The molecule has 0 aliphatic carbocycles. The van der Waals surface area contributed by atoms with Gasteiger partial charge < -0.3 is 5.11 Å². The van der Waals surface area contributed by atoms with Crippen molar-refractivity contribution >= 4 is 15.9 Å². The van der Waals surface area contributed by atoms with Crippen LogP contribution in [0.5, 0.6) is 5.75 Å². The molecule has 2 heteroatoms.